The Morgan fingerprint density at radius 1 is 1.41 bits per heavy atom. The summed E-state index contributed by atoms with van der Waals surface area (Å²) in [6, 6.07) is 0. The van der Waals surface area contributed by atoms with Crippen molar-refractivity contribution in [3.63, 3.8) is 0 Å². The van der Waals surface area contributed by atoms with E-state index >= 15 is 0 Å². The fourth-order valence-electron chi connectivity index (χ4n) is 1.09. The van der Waals surface area contributed by atoms with Crippen molar-refractivity contribution in [2.45, 2.75) is 5.25 Å². The molecule has 1 N–H and O–H groups in total. The van der Waals surface area contributed by atoms with Gasteiger partial charge in [-0.1, -0.05) is 30.1 Å². The fraction of sp³-hybridized carbons (Fsp3) is 0.600. The van der Waals surface area contributed by atoms with E-state index in [-0.39, 0.29) is 10.4 Å². The number of hydrogen-bond acceptors (Lipinski definition) is 6. The van der Waals surface area contributed by atoms with Crippen molar-refractivity contribution in [3.8, 4) is 0 Å². The third-order valence-corrected chi connectivity index (χ3v) is 7.02. The van der Waals surface area contributed by atoms with Gasteiger partial charge in [-0.2, -0.15) is 0 Å². The molecule has 0 saturated carbocycles. The van der Waals surface area contributed by atoms with Crippen LogP contribution in [0.15, 0.2) is 12.7 Å². The standard InChI is InChI=1S/C10H15NO2S4/c1-2-9(12)11-3-4-16-10(13)17-8-5-14-7-15-6-8/h2,8H,1,3-7H2,(H,11,12). The molecule has 0 unspecified atom stereocenters. The number of amides is 1. The van der Waals surface area contributed by atoms with Crippen LogP contribution in [0, 0.1) is 0 Å². The minimum atomic E-state index is -0.189. The zero-order valence-electron chi connectivity index (χ0n) is 9.35. The van der Waals surface area contributed by atoms with Crippen molar-refractivity contribution in [2.75, 3.05) is 28.9 Å². The van der Waals surface area contributed by atoms with E-state index in [2.05, 4.69) is 11.9 Å². The summed E-state index contributed by atoms with van der Waals surface area (Å²) in [6.07, 6.45) is 1.23. The van der Waals surface area contributed by atoms with Gasteiger partial charge in [-0.25, -0.2) is 0 Å². The first-order valence-electron chi connectivity index (χ1n) is 5.11. The summed E-state index contributed by atoms with van der Waals surface area (Å²) < 4.78 is 0.158. The van der Waals surface area contributed by atoms with Gasteiger partial charge >= 0.3 is 0 Å². The minimum absolute atomic E-state index is 0.158. The highest BCUT2D eigenvalue weighted by Gasteiger charge is 2.18. The number of carbonyl (C=O) groups is 2. The lowest BCUT2D eigenvalue weighted by molar-refractivity contribution is -0.116. The van der Waals surface area contributed by atoms with Crippen molar-refractivity contribution < 1.29 is 9.59 Å². The molecule has 1 aliphatic heterocycles. The molecule has 0 atom stereocenters. The average molecular weight is 310 g/mol. The maximum absolute atomic E-state index is 11.6. The Bertz CT molecular complexity index is 279. The van der Waals surface area contributed by atoms with Crippen molar-refractivity contribution in [1.29, 1.82) is 0 Å². The van der Waals surface area contributed by atoms with Crippen LogP contribution < -0.4 is 5.32 Å². The number of thioether (sulfide) groups is 4. The summed E-state index contributed by atoms with van der Waals surface area (Å²) in [5.41, 5.74) is 0. The van der Waals surface area contributed by atoms with Crippen LogP contribution in [0.2, 0.25) is 0 Å². The highest BCUT2D eigenvalue weighted by Crippen LogP contribution is 2.31. The summed E-state index contributed by atoms with van der Waals surface area (Å²) in [5.74, 6) is 2.57. The molecule has 0 spiro atoms. The molecule has 0 aromatic rings. The molecule has 7 heteroatoms. The maximum Gasteiger partial charge on any atom is 0.246 e. The van der Waals surface area contributed by atoms with Crippen molar-refractivity contribution in [3.05, 3.63) is 12.7 Å². The molecule has 1 aliphatic rings. The van der Waals surface area contributed by atoms with Gasteiger partial charge in [-0.15, -0.1) is 23.5 Å². The van der Waals surface area contributed by atoms with E-state index in [0.29, 0.717) is 17.5 Å². The molecule has 1 saturated heterocycles. The third kappa shape index (κ3) is 7.33. The monoisotopic (exact) mass is 309 g/mol. The van der Waals surface area contributed by atoms with Crippen LogP contribution in [-0.4, -0.2) is 44.5 Å². The van der Waals surface area contributed by atoms with Crippen LogP contribution in [0.3, 0.4) is 0 Å². The quantitative estimate of drug-likeness (QED) is 0.622. The Morgan fingerprint density at radius 2 is 2.12 bits per heavy atom. The van der Waals surface area contributed by atoms with Gasteiger partial charge in [0.2, 0.25) is 10.4 Å². The largest absolute Gasteiger partial charge is 0.352 e. The summed E-state index contributed by atoms with van der Waals surface area (Å²) in [7, 11) is 0. The average Bonchev–Trinajstić information content (AvgIpc) is 2.35. The molecule has 1 amide bonds. The lowest BCUT2D eigenvalue weighted by atomic mass is 10.5. The van der Waals surface area contributed by atoms with Gasteiger partial charge in [0.15, 0.2) is 0 Å². The predicted molar refractivity (Wildman–Crippen MR) is 82.2 cm³/mol. The Hall–Kier alpha value is 0.280. The maximum atomic E-state index is 11.6. The van der Waals surface area contributed by atoms with Gasteiger partial charge in [0.25, 0.3) is 0 Å². The summed E-state index contributed by atoms with van der Waals surface area (Å²) in [4.78, 5) is 22.4. The molecule has 1 rings (SSSR count). The molecule has 0 bridgehead atoms. The molecular formula is C10H15NO2S4. The fourth-order valence-corrected chi connectivity index (χ4v) is 5.93. The van der Waals surface area contributed by atoms with Crippen LogP contribution in [0.5, 0.6) is 0 Å². The molecule has 0 aliphatic carbocycles. The van der Waals surface area contributed by atoms with Crippen LogP contribution in [0.4, 0.5) is 4.79 Å². The summed E-state index contributed by atoms with van der Waals surface area (Å²) in [5, 5.41) is 4.23. The van der Waals surface area contributed by atoms with Crippen LogP contribution in [0.1, 0.15) is 0 Å². The van der Waals surface area contributed by atoms with E-state index in [1.807, 2.05) is 23.5 Å². The Balaban J connectivity index is 2.04. The van der Waals surface area contributed by atoms with Gasteiger partial charge in [-0.05, 0) is 6.08 Å². The van der Waals surface area contributed by atoms with Gasteiger partial charge in [-0.3, -0.25) is 9.59 Å². The zero-order chi connectivity index (χ0) is 12.5. The number of nitrogens with one attached hydrogen (secondary N) is 1. The molecule has 0 aromatic carbocycles. The first-order chi connectivity index (χ1) is 8.22. The lowest BCUT2D eigenvalue weighted by Gasteiger charge is -2.18. The normalized spacial score (nSPS) is 16.5. The van der Waals surface area contributed by atoms with E-state index in [0.717, 1.165) is 16.6 Å². The topological polar surface area (TPSA) is 46.2 Å². The van der Waals surface area contributed by atoms with Gasteiger partial charge in [0.05, 0.1) is 0 Å². The van der Waals surface area contributed by atoms with E-state index in [1.165, 1.54) is 29.6 Å². The van der Waals surface area contributed by atoms with E-state index in [9.17, 15) is 9.59 Å². The smallest absolute Gasteiger partial charge is 0.246 e. The van der Waals surface area contributed by atoms with Gasteiger partial charge < -0.3 is 5.32 Å². The van der Waals surface area contributed by atoms with E-state index in [4.69, 9.17) is 0 Å². The molecule has 17 heavy (non-hydrogen) atoms. The SMILES string of the molecule is C=CC(=O)NCCSC(=O)SC1CSCSC1. The molecule has 1 fully saturated rings. The van der Waals surface area contributed by atoms with E-state index in [1.54, 1.807) is 0 Å². The lowest BCUT2D eigenvalue weighted by Crippen LogP contribution is -2.23. The van der Waals surface area contributed by atoms with Crippen molar-refractivity contribution >= 4 is 57.4 Å². The molecule has 0 aromatic heterocycles. The molecular weight excluding hydrogens is 294 g/mol. The van der Waals surface area contributed by atoms with Gasteiger partial charge in [0, 0.05) is 34.1 Å². The van der Waals surface area contributed by atoms with Crippen LogP contribution in [-0.2, 0) is 4.79 Å². The summed E-state index contributed by atoms with van der Waals surface area (Å²) >= 11 is 6.50. The number of carbonyl (C=O) groups excluding carboxylic acids is 2. The predicted octanol–water partition coefficient (Wildman–Crippen LogP) is 2.68. The first kappa shape index (κ1) is 15.3. The van der Waals surface area contributed by atoms with Crippen molar-refractivity contribution in [1.82, 2.24) is 5.32 Å². The Labute approximate surface area is 119 Å². The molecule has 1 heterocycles. The second kappa shape index (κ2) is 9.24. The number of rotatable bonds is 5. The molecule has 3 nitrogen and oxygen atoms in total. The zero-order valence-corrected chi connectivity index (χ0v) is 12.6. The minimum Gasteiger partial charge on any atom is -0.352 e. The van der Waals surface area contributed by atoms with Crippen LogP contribution in [0.25, 0.3) is 0 Å². The van der Waals surface area contributed by atoms with E-state index < -0.39 is 0 Å². The molecule has 0 radical (unpaired) electrons. The number of hydrogen-bond donors (Lipinski definition) is 1. The first-order valence-corrected chi connectivity index (χ1v) is 9.29. The second-order valence-electron chi connectivity index (χ2n) is 3.19. The Kier molecular flexibility index (Phi) is 8.34. The molecule has 96 valence electrons. The van der Waals surface area contributed by atoms with Gasteiger partial charge in [0.1, 0.15) is 0 Å². The second-order valence-corrected chi connectivity index (χ2v) is 8.22. The highest BCUT2D eigenvalue weighted by atomic mass is 32.2. The van der Waals surface area contributed by atoms with Crippen molar-refractivity contribution in [2.24, 2.45) is 0 Å². The van der Waals surface area contributed by atoms with Crippen LogP contribution >= 0.6 is 47.0 Å². The summed E-state index contributed by atoms with van der Waals surface area (Å²) in [6.45, 7) is 3.87. The Morgan fingerprint density at radius 3 is 2.76 bits per heavy atom. The third-order valence-electron chi connectivity index (χ3n) is 1.84. The highest BCUT2D eigenvalue weighted by molar-refractivity contribution is 8.39.